The van der Waals surface area contributed by atoms with Gasteiger partial charge in [0.05, 0.1) is 6.04 Å². The van der Waals surface area contributed by atoms with Crippen LogP contribution in [-0.2, 0) is 46.3 Å². The number of ether oxygens (including phenoxy) is 2. The topological polar surface area (TPSA) is 169 Å². The second-order valence-electron chi connectivity index (χ2n) is 14.1. The second-order valence-corrected chi connectivity index (χ2v) is 14.1. The highest BCUT2D eigenvalue weighted by atomic mass is 16.6. The zero-order valence-corrected chi connectivity index (χ0v) is 29.5. The highest BCUT2D eigenvalue weighted by Gasteiger charge is 2.35. The Bertz CT molecular complexity index is 1530. The standard InChI is InChI=1S/C38H50N4O8/c1-5-10-29(34(45)37(48)39-23-32(44)50-38(2,3)4)40-35(46)30-22-25-11-9-14-28(21-25)49-27-18-15-24(16-19-27)17-20-31(43)42-33(36(47)41-30)26-12-7-6-8-13-26/h9,11,14-16,18-19,21,26,29-30,33H,5-8,10,12-13,17,20,22-23H2,1-4H3,(H,39,48)(H,40,46)(H,41,47)(H,42,43). The lowest BCUT2D eigenvalue weighted by Crippen LogP contribution is -2.58. The lowest BCUT2D eigenvalue weighted by molar-refractivity contribution is -0.155. The molecule has 4 bridgehead atoms. The Morgan fingerprint density at radius 1 is 0.920 bits per heavy atom. The van der Waals surface area contributed by atoms with Crippen LogP contribution in [0.2, 0.25) is 0 Å². The lowest BCUT2D eigenvalue weighted by atomic mass is 9.83. The molecule has 3 atom stereocenters. The number of amides is 4. The number of Topliss-reactive ketones (excluding diaryl/α,β-unsaturated/α-hetero) is 1. The third-order valence-electron chi connectivity index (χ3n) is 8.74. The molecule has 1 saturated carbocycles. The molecule has 1 aliphatic carbocycles. The first-order valence-electron chi connectivity index (χ1n) is 17.6. The van der Waals surface area contributed by atoms with Crippen molar-refractivity contribution in [2.75, 3.05) is 6.54 Å². The van der Waals surface area contributed by atoms with E-state index in [1.54, 1.807) is 52.0 Å². The van der Waals surface area contributed by atoms with Gasteiger partial charge in [0.25, 0.3) is 5.91 Å². The molecule has 4 amide bonds. The third-order valence-corrected chi connectivity index (χ3v) is 8.74. The van der Waals surface area contributed by atoms with E-state index in [9.17, 15) is 28.8 Å². The maximum Gasteiger partial charge on any atom is 0.325 e. The van der Waals surface area contributed by atoms with Crippen LogP contribution < -0.4 is 26.0 Å². The number of benzene rings is 2. The van der Waals surface area contributed by atoms with Gasteiger partial charge in [-0.25, -0.2) is 0 Å². The second kappa shape index (κ2) is 17.8. The van der Waals surface area contributed by atoms with Gasteiger partial charge in [-0.3, -0.25) is 28.8 Å². The number of rotatable bonds is 9. The summed E-state index contributed by atoms with van der Waals surface area (Å²) < 4.78 is 11.3. The van der Waals surface area contributed by atoms with E-state index in [-0.39, 0.29) is 31.1 Å². The first-order chi connectivity index (χ1) is 23.8. The minimum Gasteiger partial charge on any atom is -0.459 e. The van der Waals surface area contributed by atoms with Crippen LogP contribution in [0.3, 0.4) is 0 Å². The predicted octanol–water partition coefficient (Wildman–Crippen LogP) is 3.83. The molecule has 50 heavy (non-hydrogen) atoms. The molecule has 2 aromatic carbocycles. The molecule has 0 saturated heterocycles. The average molecular weight is 691 g/mol. The Morgan fingerprint density at radius 2 is 1.64 bits per heavy atom. The molecule has 1 fully saturated rings. The fourth-order valence-electron chi connectivity index (χ4n) is 6.28. The van der Waals surface area contributed by atoms with E-state index in [4.69, 9.17) is 9.47 Å². The first-order valence-corrected chi connectivity index (χ1v) is 17.6. The van der Waals surface area contributed by atoms with Crippen molar-refractivity contribution in [3.05, 3.63) is 59.7 Å². The maximum atomic E-state index is 14.0. The van der Waals surface area contributed by atoms with Crippen LogP contribution in [0.1, 0.15) is 90.2 Å². The SMILES string of the molecule is CCCC(NC(=O)C1Cc2cccc(c2)Oc2ccc(cc2)CCC(=O)NC(C2CCCCC2)C(=O)N1)C(=O)C(=O)NCC(=O)OC(C)(C)C. The van der Waals surface area contributed by atoms with Crippen LogP contribution in [0.5, 0.6) is 11.5 Å². The van der Waals surface area contributed by atoms with E-state index in [0.29, 0.717) is 29.9 Å². The quantitative estimate of drug-likeness (QED) is 0.227. The number of esters is 1. The lowest BCUT2D eigenvalue weighted by Gasteiger charge is -2.31. The molecule has 12 nitrogen and oxygen atoms in total. The number of aryl methyl sites for hydroxylation is 1. The van der Waals surface area contributed by atoms with Crippen molar-refractivity contribution in [1.29, 1.82) is 0 Å². The van der Waals surface area contributed by atoms with Gasteiger partial charge in [-0.2, -0.15) is 0 Å². The molecule has 3 aliphatic rings. The summed E-state index contributed by atoms with van der Waals surface area (Å²) in [5, 5.41) is 10.8. The van der Waals surface area contributed by atoms with Gasteiger partial charge in [0, 0.05) is 12.8 Å². The Hall–Kier alpha value is -4.74. The van der Waals surface area contributed by atoms with Crippen molar-refractivity contribution < 1.29 is 38.2 Å². The van der Waals surface area contributed by atoms with Gasteiger partial charge in [0.15, 0.2) is 0 Å². The highest BCUT2D eigenvalue weighted by Crippen LogP contribution is 2.28. The zero-order chi connectivity index (χ0) is 36.3. The van der Waals surface area contributed by atoms with Crippen molar-refractivity contribution in [3.8, 4) is 11.5 Å². The van der Waals surface area contributed by atoms with Crippen LogP contribution in [-0.4, -0.2) is 65.7 Å². The van der Waals surface area contributed by atoms with Crippen molar-refractivity contribution >= 4 is 35.4 Å². The van der Waals surface area contributed by atoms with Crippen LogP contribution in [0.25, 0.3) is 0 Å². The molecule has 0 radical (unpaired) electrons. The smallest absolute Gasteiger partial charge is 0.325 e. The predicted molar refractivity (Wildman–Crippen MR) is 186 cm³/mol. The van der Waals surface area contributed by atoms with Gasteiger partial charge in [0.1, 0.15) is 35.7 Å². The summed E-state index contributed by atoms with van der Waals surface area (Å²) in [4.78, 5) is 79.4. The van der Waals surface area contributed by atoms with Crippen LogP contribution in [0.4, 0.5) is 0 Å². The van der Waals surface area contributed by atoms with E-state index in [2.05, 4.69) is 21.3 Å². The summed E-state index contributed by atoms with van der Waals surface area (Å²) in [6.07, 6.45) is 5.75. The number of carbonyl (C=O) groups excluding carboxylic acids is 6. The number of hydrogen-bond donors (Lipinski definition) is 4. The van der Waals surface area contributed by atoms with Gasteiger partial charge in [-0.15, -0.1) is 0 Å². The molecule has 2 aliphatic heterocycles. The number of nitrogens with one attached hydrogen (secondary N) is 4. The normalized spacial score (nSPS) is 19.5. The molecule has 5 rings (SSSR count). The largest absolute Gasteiger partial charge is 0.459 e. The van der Waals surface area contributed by atoms with E-state index in [1.165, 1.54) is 0 Å². The summed E-state index contributed by atoms with van der Waals surface area (Å²) in [7, 11) is 0. The summed E-state index contributed by atoms with van der Waals surface area (Å²) >= 11 is 0. The van der Waals surface area contributed by atoms with Crippen LogP contribution >= 0.6 is 0 Å². The van der Waals surface area contributed by atoms with Gasteiger partial charge >= 0.3 is 5.97 Å². The Labute approximate surface area is 293 Å². The molecule has 2 aromatic rings. The Morgan fingerprint density at radius 3 is 2.32 bits per heavy atom. The van der Waals surface area contributed by atoms with Crippen LogP contribution in [0, 0.1) is 5.92 Å². The van der Waals surface area contributed by atoms with E-state index in [1.807, 2.05) is 24.3 Å². The zero-order valence-electron chi connectivity index (χ0n) is 29.5. The van der Waals surface area contributed by atoms with Gasteiger partial charge in [-0.05, 0) is 87.8 Å². The monoisotopic (exact) mass is 690 g/mol. The molecule has 0 spiro atoms. The Balaban J connectivity index is 1.59. The van der Waals surface area contributed by atoms with E-state index >= 15 is 0 Å². The van der Waals surface area contributed by atoms with Gasteiger partial charge < -0.3 is 30.7 Å². The summed E-state index contributed by atoms with van der Waals surface area (Å²) in [6.45, 7) is 6.35. The molecule has 4 N–H and O–H groups in total. The Kier molecular flexibility index (Phi) is 13.5. The van der Waals surface area contributed by atoms with Crippen LogP contribution in [0.15, 0.2) is 48.5 Å². The fraction of sp³-hybridized carbons (Fsp3) is 0.526. The number of hydrogen-bond acceptors (Lipinski definition) is 8. The maximum absolute atomic E-state index is 14.0. The minimum absolute atomic E-state index is 0.0386. The van der Waals surface area contributed by atoms with Gasteiger partial charge in [0.2, 0.25) is 23.5 Å². The summed E-state index contributed by atoms with van der Waals surface area (Å²) in [5.74, 6) is -3.05. The number of fused-ring (bicyclic) bond motifs is 10. The average Bonchev–Trinajstić information content (AvgIpc) is 3.08. The van der Waals surface area contributed by atoms with Crippen molar-refractivity contribution in [2.45, 2.75) is 116 Å². The first kappa shape index (κ1) is 38.1. The molecular formula is C38H50N4O8. The summed E-state index contributed by atoms with van der Waals surface area (Å²) in [5.41, 5.74) is 0.862. The molecule has 270 valence electrons. The molecule has 0 aromatic heterocycles. The van der Waals surface area contributed by atoms with Crippen molar-refractivity contribution in [3.63, 3.8) is 0 Å². The number of carbonyl (C=O) groups is 6. The molecule has 3 unspecified atom stereocenters. The fourth-order valence-corrected chi connectivity index (χ4v) is 6.28. The van der Waals surface area contributed by atoms with Gasteiger partial charge in [-0.1, -0.05) is 56.9 Å². The van der Waals surface area contributed by atoms with Crippen molar-refractivity contribution in [2.24, 2.45) is 5.92 Å². The molecular weight excluding hydrogens is 640 g/mol. The van der Waals surface area contributed by atoms with Crippen molar-refractivity contribution in [1.82, 2.24) is 21.3 Å². The van der Waals surface area contributed by atoms with E-state index < -0.39 is 59.7 Å². The molecule has 2 heterocycles. The van der Waals surface area contributed by atoms with E-state index in [0.717, 1.165) is 37.7 Å². The molecule has 12 heteroatoms. The summed E-state index contributed by atoms with van der Waals surface area (Å²) in [6, 6.07) is 11.4. The third kappa shape index (κ3) is 11.7. The number of ketones is 1. The minimum atomic E-state index is -1.21. The highest BCUT2D eigenvalue weighted by molar-refractivity contribution is 6.38.